The van der Waals surface area contributed by atoms with Gasteiger partial charge < -0.3 is 14.6 Å². The van der Waals surface area contributed by atoms with E-state index in [9.17, 15) is 4.79 Å². The van der Waals surface area contributed by atoms with Crippen LogP contribution in [-0.4, -0.2) is 28.1 Å². The molecule has 2 rings (SSSR count). The van der Waals surface area contributed by atoms with Crippen LogP contribution in [0, 0.1) is 0 Å². The van der Waals surface area contributed by atoms with Gasteiger partial charge in [0.15, 0.2) is 6.10 Å². The molecule has 1 aromatic heterocycles. The number of benzene rings is 1. The summed E-state index contributed by atoms with van der Waals surface area (Å²) in [6, 6.07) is 5.66. The van der Waals surface area contributed by atoms with Crippen molar-refractivity contribution in [1.29, 1.82) is 0 Å². The first-order chi connectivity index (χ1) is 9.15. The van der Waals surface area contributed by atoms with E-state index in [1.165, 1.54) is 0 Å². The molecule has 1 aromatic carbocycles. The van der Waals surface area contributed by atoms with Gasteiger partial charge in [0, 0.05) is 19.2 Å². The van der Waals surface area contributed by atoms with Crippen molar-refractivity contribution in [3.05, 3.63) is 24.5 Å². The molecule has 0 fully saturated rings. The molecule has 1 N–H and O–H groups in total. The number of carbonyl (C=O) groups is 1. The van der Waals surface area contributed by atoms with E-state index in [0.717, 1.165) is 17.6 Å². The SMILES string of the molecule is CCNC(=O)C(C)Oc1ccc2ncn(CC)c2c1. The smallest absolute Gasteiger partial charge is 0.260 e. The summed E-state index contributed by atoms with van der Waals surface area (Å²) in [6.07, 6.45) is 1.30. The van der Waals surface area contributed by atoms with Gasteiger partial charge in [-0.3, -0.25) is 4.79 Å². The fourth-order valence-electron chi connectivity index (χ4n) is 1.94. The summed E-state index contributed by atoms with van der Waals surface area (Å²) >= 11 is 0. The van der Waals surface area contributed by atoms with Crippen molar-refractivity contribution in [1.82, 2.24) is 14.9 Å². The highest BCUT2D eigenvalue weighted by Gasteiger charge is 2.14. The van der Waals surface area contributed by atoms with Crippen LogP contribution in [0.2, 0.25) is 0 Å². The van der Waals surface area contributed by atoms with E-state index in [-0.39, 0.29) is 5.91 Å². The molecule has 0 bridgehead atoms. The summed E-state index contributed by atoms with van der Waals surface area (Å²) in [5.74, 6) is 0.577. The number of amides is 1. The van der Waals surface area contributed by atoms with Crippen LogP contribution in [0.15, 0.2) is 24.5 Å². The molecule has 0 radical (unpaired) electrons. The Labute approximate surface area is 112 Å². The van der Waals surface area contributed by atoms with Crippen LogP contribution < -0.4 is 10.1 Å². The van der Waals surface area contributed by atoms with E-state index in [0.29, 0.717) is 12.3 Å². The Morgan fingerprint density at radius 2 is 2.26 bits per heavy atom. The number of nitrogens with one attached hydrogen (secondary N) is 1. The summed E-state index contributed by atoms with van der Waals surface area (Å²) in [5.41, 5.74) is 1.95. The fourth-order valence-corrected chi connectivity index (χ4v) is 1.94. The second kappa shape index (κ2) is 5.73. The van der Waals surface area contributed by atoms with E-state index in [2.05, 4.69) is 17.2 Å². The molecule has 19 heavy (non-hydrogen) atoms. The molecule has 1 heterocycles. The Morgan fingerprint density at radius 3 is 2.95 bits per heavy atom. The largest absolute Gasteiger partial charge is 0.481 e. The van der Waals surface area contributed by atoms with Gasteiger partial charge in [-0.2, -0.15) is 0 Å². The Kier molecular flexibility index (Phi) is 4.04. The standard InChI is InChI=1S/C14H19N3O2/c1-4-15-14(18)10(3)19-11-6-7-12-13(8-11)17(5-2)9-16-12/h6-10H,4-5H2,1-3H3,(H,15,18). The average Bonchev–Trinajstić information content (AvgIpc) is 2.81. The van der Waals surface area contributed by atoms with Gasteiger partial charge in [-0.05, 0) is 32.9 Å². The Bertz CT molecular complexity index is 577. The maximum absolute atomic E-state index is 11.6. The van der Waals surface area contributed by atoms with E-state index in [4.69, 9.17) is 4.74 Å². The molecule has 1 atom stereocenters. The number of hydrogen-bond acceptors (Lipinski definition) is 3. The summed E-state index contributed by atoms with van der Waals surface area (Å²) in [7, 11) is 0. The molecule has 1 amide bonds. The zero-order valence-electron chi connectivity index (χ0n) is 11.5. The van der Waals surface area contributed by atoms with E-state index in [1.807, 2.05) is 36.0 Å². The molecule has 102 valence electrons. The van der Waals surface area contributed by atoms with Crippen molar-refractivity contribution in [2.75, 3.05) is 6.54 Å². The van der Waals surface area contributed by atoms with Gasteiger partial charge in [-0.15, -0.1) is 0 Å². The van der Waals surface area contributed by atoms with Gasteiger partial charge in [0.05, 0.1) is 17.4 Å². The molecule has 0 spiro atoms. The van der Waals surface area contributed by atoms with E-state index >= 15 is 0 Å². The molecule has 5 nitrogen and oxygen atoms in total. The summed E-state index contributed by atoms with van der Waals surface area (Å²) in [6.45, 7) is 7.15. The molecular weight excluding hydrogens is 242 g/mol. The molecule has 0 saturated carbocycles. The molecule has 0 aliphatic rings. The quantitative estimate of drug-likeness (QED) is 0.895. The van der Waals surface area contributed by atoms with Crippen molar-refractivity contribution in [2.45, 2.75) is 33.4 Å². The van der Waals surface area contributed by atoms with Crippen LogP contribution in [0.3, 0.4) is 0 Å². The minimum absolute atomic E-state index is 0.105. The monoisotopic (exact) mass is 261 g/mol. The number of nitrogens with zero attached hydrogens (tertiary/aromatic N) is 2. The molecule has 0 saturated heterocycles. The second-order valence-electron chi connectivity index (χ2n) is 4.34. The van der Waals surface area contributed by atoms with Gasteiger partial charge in [-0.1, -0.05) is 0 Å². The fraction of sp³-hybridized carbons (Fsp3) is 0.429. The lowest BCUT2D eigenvalue weighted by atomic mass is 10.3. The highest BCUT2D eigenvalue weighted by atomic mass is 16.5. The molecule has 1 unspecified atom stereocenters. The molecular formula is C14H19N3O2. The van der Waals surface area contributed by atoms with Crippen LogP contribution >= 0.6 is 0 Å². The predicted octanol–water partition coefficient (Wildman–Crippen LogP) is 1.96. The number of ether oxygens (including phenoxy) is 1. The summed E-state index contributed by atoms with van der Waals surface area (Å²) in [4.78, 5) is 15.9. The first-order valence-corrected chi connectivity index (χ1v) is 6.55. The average molecular weight is 261 g/mol. The van der Waals surface area contributed by atoms with Gasteiger partial charge >= 0.3 is 0 Å². The van der Waals surface area contributed by atoms with Crippen LogP contribution in [0.1, 0.15) is 20.8 Å². The summed E-state index contributed by atoms with van der Waals surface area (Å²) in [5, 5.41) is 2.74. The van der Waals surface area contributed by atoms with Crippen molar-refractivity contribution < 1.29 is 9.53 Å². The third-order valence-corrected chi connectivity index (χ3v) is 2.97. The number of hydrogen-bond donors (Lipinski definition) is 1. The van der Waals surface area contributed by atoms with E-state index in [1.54, 1.807) is 6.92 Å². The Balaban J connectivity index is 2.18. The van der Waals surface area contributed by atoms with Crippen molar-refractivity contribution >= 4 is 16.9 Å². The number of fused-ring (bicyclic) bond motifs is 1. The third kappa shape index (κ3) is 2.86. The van der Waals surface area contributed by atoms with Gasteiger partial charge in [-0.25, -0.2) is 4.98 Å². The molecule has 5 heteroatoms. The normalized spacial score (nSPS) is 12.4. The number of rotatable bonds is 5. The second-order valence-corrected chi connectivity index (χ2v) is 4.34. The van der Waals surface area contributed by atoms with Gasteiger partial charge in [0.25, 0.3) is 5.91 Å². The highest BCUT2D eigenvalue weighted by Crippen LogP contribution is 2.21. The first-order valence-electron chi connectivity index (χ1n) is 6.55. The minimum Gasteiger partial charge on any atom is -0.481 e. The molecule has 2 aromatic rings. The predicted molar refractivity (Wildman–Crippen MR) is 74.2 cm³/mol. The number of imidazole rings is 1. The van der Waals surface area contributed by atoms with E-state index < -0.39 is 6.10 Å². The van der Waals surface area contributed by atoms with Crippen molar-refractivity contribution in [3.63, 3.8) is 0 Å². The molecule has 0 aliphatic carbocycles. The van der Waals surface area contributed by atoms with Crippen LogP contribution in [-0.2, 0) is 11.3 Å². The van der Waals surface area contributed by atoms with Gasteiger partial charge in [0.1, 0.15) is 5.75 Å². The van der Waals surface area contributed by atoms with Gasteiger partial charge in [0.2, 0.25) is 0 Å². The topological polar surface area (TPSA) is 56.1 Å². The first kappa shape index (κ1) is 13.4. The number of aromatic nitrogens is 2. The Morgan fingerprint density at radius 1 is 1.47 bits per heavy atom. The van der Waals surface area contributed by atoms with Crippen LogP contribution in [0.5, 0.6) is 5.75 Å². The van der Waals surface area contributed by atoms with Crippen molar-refractivity contribution in [3.8, 4) is 5.75 Å². The minimum atomic E-state index is -0.504. The van der Waals surface area contributed by atoms with Crippen LogP contribution in [0.4, 0.5) is 0 Å². The molecule has 0 aliphatic heterocycles. The number of likely N-dealkylation sites (N-methyl/N-ethyl adjacent to an activating group) is 1. The maximum atomic E-state index is 11.6. The zero-order valence-corrected chi connectivity index (χ0v) is 11.5. The lowest BCUT2D eigenvalue weighted by Gasteiger charge is -2.14. The number of aryl methyl sites for hydroxylation is 1. The van der Waals surface area contributed by atoms with Crippen LogP contribution in [0.25, 0.3) is 11.0 Å². The number of carbonyl (C=O) groups excluding carboxylic acids is 1. The lowest BCUT2D eigenvalue weighted by Crippen LogP contribution is -2.36. The lowest BCUT2D eigenvalue weighted by molar-refractivity contribution is -0.127. The summed E-state index contributed by atoms with van der Waals surface area (Å²) < 4.78 is 7.69. The van der Waals surface area contributed by atoms with Crippen molar-refractivity contribution in [2.24, 2.45) is 0 Å². The zero-order chi connectivity index (χ0) is 13.8. The highest BCUT2D eigenvalue weighted by molar-refractivity contribution is 5.81. The Hall–Kier alpha value is -2.04. The maximum Gasteiger partial charge on any atom is 0.260 e. The third-order valence-electron chi connectivity index (χ3n) is 2.97.